The van der Waals surface area contributed by atoms with Gasteiger partial charge in [-0.3, -0.25) is 0 Å². The molecule has 0 aromatic rings. The molecule has 2 aliphatic rings. The van der Waals surface area contributed by atoms with Crippen LogP contribution in [0.25, 0.3) is 0 Å². The van der Waals surface area contributed by atoms with Gasteiger partial charge < -0.3 is 0 Å². The molecule has 118 valence electrons. The fourth-order valence-electron chi connectivity index (χ4n) is 2.26. The van der Waals surface area contributed by atoms with Crippen LogP contribution in [-0.2, 0) is 38.1 Å². The van der Waals surface area contributed by atoms with Gasteiger partial charge in [0.05, 0.1) is 0 Å². The Morgan fingerprint density at radius 2 is 1.10 bits per heavy atom. The maximum absolute atomic E-state index is 5.47. The summed E-state index contributed by atoms with van der Waals surface area (Å²) < 4.78 is 24.3. The molecule has 4 nitrogen and oxygen atoms in total. The quantitative estimate of drug-likeness (QED) is 0.670. The topological polar surface area (TPSA) is 36.9 Å². The van der Waals surface area contributed by atoms with Crippen LogP contribution < -0.4 is 0 Å². The second-order valence-electron chi connectivity index (χ2n) is 4.10. The van der Waals surface area contributed by atoms with Crippen LogP contribution >= 0.6 is 24.8 Å². The first kappa shape index (κ1) is 20.5. The summed E-state index contributed by atoms with van der Waals surface area (Å²) in [5.41, 5.74) is 0. The van der Waals surface area contributed by atoms with E-state index in [1.54, 1.807) is 28.4 Å². The second-order valence-corrected chi connectivity index (χ2v) is 6.38. The Labute approximate surface area is 147 Å². The third-order valence-electron chi connectivity index (χ3n) is 3.13. The molecule has 7 heteroatoms. The minimum absolute atomic E-state index is 0. The predicted molar refractivity (Wildman–Crippen MR) is 82.0 cm³/mol. The minimum atomic E-state index is -0.449. The van der Waals surface area contributed by atoms with Crippen molar-refractivity contribution in [3.63, 3.8) is 0 Å². The van der Waals surface area contributed by atoms with E-state index in [0.717, 1.165) is 35.9 Å². The van der Waals surface area contributed by atoms with Crippen molar-refractivity contribution in [1.82, 2.24) is 0 Å². The molecular formula is C14H20Cl2O4Ti. The van der Waals surface area contributed by atoms with E-state index in [2.05, 4.69) is 12.2 Å². The van der Waals surface area contributed by atoms with Gasteiger partial charge in [0.25, 0.3) is 0 Å². The minimum Gasteiger partial charge on any atom is -0.147 e. The molecule has 0 N–H and O–H groups in total. The summed E-state index contributed by atoms with van der Waals surface area (Å²) in [6, 6.07) is 0. The number of ether oxygens (including phenoxy) is 4. The normalized spacial score (nSPS) is 16.6. The van der Waals surface area contributed by atoms with E-state index < -0.39 is 19.2 Å². The molecule has 2 aliphatic carbocycles. The second kappa shape index (κ2) is 9.47. The summed E-state index contributed by atoms with van der Waals surface area (Å²) in [5, 5.41) is 0. The summed E-state index contributed by atoms with van der Waals surface area (Å²) >= 11 is -0.449. The average molecular weight is 371 g/mol. The predicted octanol–water partition coefficient (Wildman–Crippen LogP) is 3.50. The molecule has 0 radical (unpaired) electrons. The number of hydrogen-bond acceptors (Lipinski definition) is 4. The first-order valence-corrected chi connectivity index (χ1v) is 7.61. The van der Waals surface area contributed by atoms with E-state index in [1.165, 1.54) is 7.76 Å². The Morgan fingerprint density at radius 1 is 0.714 bits per heavy atom. The van der Waals surface area contributed by atoms with E-state index in [-0.39, 0.29) is 24.8 Å². The number of hydrogen-bond donors (Lipinski definition) is 0. The summed E-state index contributed by atoms with van der Waals surface area (Å²) in [6.07, 6.45) is 5.97. The summed E-state index contributed by atoms with van der Waals surface area (Å²) in [7, 11) is 6.74. The van der Waals surface area contributed by atoms with Crippen molar-refractivity contribution >= 4 is 24.8 Å². The fourth-order valence-corrected chi connectivity index (χ4v) is 4.52. The molecule has 0 amide bonds. The monoisotopic (exact) mass is 370 g/mol. The van der Waals surface area contributed by atoms with Crippen molar-refractivity contribution < 1.29 is 38.1 Å². The molecular weight excluding hydrogens is 351 g/mol. The maximum Gasteiger partial charge on any atom is -0.147 e. The van der Waals surface area contributed by atoms with Crippen molar-refractivity contribution in [3.8, 4) is 0 Å². The molecule has 0 aromatic heterocycles. The van der Waals surface area contributed by atoms with Crippen LogP contribution in [0, 0.1) is 0 Å². The Morgan fingerprint density at radius 3 is 1.38 bits per heavy atom. The Bertz CT molecular complexity index is 451. The molecule has 0 saturated heterocycles. The van der Waals surface area contributed by atoms with Crippen LogP contribution in [0.3, 0.4) is 0 Å². The summed E-state index contributed by atoms with van der Waals surface area (Å²) in [4.78, 5) is 0. The molecule has 0 aliphatic heterocycles. The van der Waals surface area contributed by atoms with Crippen LogP contribution in [-0.4, -0.2) is 28.4 Å². The molecule has 0 spiro atoms. The molecule has 2 rings (SSSR count). The van der Waals surface area contributed by atoms with E-state index in [0.29, 0.717) is 0 Å². The zero-order chi connectivity index (χ0) is 13.8. The van der Waals surface area contributed by atoms with Gasteiger partial charge in [0.15, 0.2) is 0 Å². The van der Waals surface area contributed by atoms with Crippen molar-refractivity contribution in [2.45, 2.75) is 12.8 Å². The van der Waals surface area contributed by atoms with Gasteiger partial charge >= 0.3 is 122 Å². The zero-order valence-electron chi connectivity index (χ0n) is 12.5. The molecule has 0 aromatic carbocycles. The molecule has 21 heavy (non-hydrogen) atoms. The van der Waals surface area contributed by atoms with Gasteiger partial charge in [-0.2, -0.15) is 0 Å². The fraction of sp³-hybridized carbons (Fsp3) is 0.429. The maximum atomic E-state index is 5.47. The number of methoxy groups -OCH3 is 4. The summed E-state index contributed by atoms with van der Waals surface area (Å²) in [6.45, 7) is 0. The van der Waals surface area contributed by atoms with Crippen LogP contribution in [0.1, 0.15) is 12.8 Å². The van der Waals surface area contributed by atoms with E-state index in [4.69, 9.17) is 18.9 Å². The third-order valence-corrected chi connectivity index (χ3v) is 5.42. The Kier molecular flexibility index (Phi) is 9.22. The van der Waals surface area contributed by atoms with Crippen molar-refractivity contribution in [1.29, 1.82) is 0 Å². The molecule has 0 unspecified atom stereocenters. The molecule has 0 bridgehead atoms. The van der Waals surface area contributed by atoms with Gasteiger partial charge in [-0.25, -0.2) is 0 Å². The van der Waals surface area contributed by atoms with Crippen LogP contribution in [0.4, 0.5) is 0 Å². The third kappa shape index (κ3) is 4.22. The average Bonchev–Trinajstić information content (AvgIpc) is 3.01. The standard InChI is InChI=1S/2C7H9O2.2ClH.Ti/c2*1-8-6-4-3-5-7(6)9-2;;;/h2*4H,3H2,1-2H3;2*1H;. The molecule has 0 saturated carbocycles. The summed E-state index contributed by atoms with van der Waals surface area (Å²) in [5.74, 6) is 3.49. The van der Waals surface area contributed by atoms with Crippen molar-refractivity contribution in [3.05, 3.63) is 42.9 Å². The van der Waals surface area contributed by atoms with E-state index in [1.807, 2.05) is 0 Å². The largest absolute Gasteiger partial charge is 0.147 e. The van der Waals surface area contributed by atoms with Crippen molar-refractivity contribution in [2.75, 3.05) is 28.4 Å². The van der Waals surface area contributed by atoms with Gasteiger partial charge in [0.2, 0.25) is 0 Å². The Hall–Kier alpha value is -0.546. The van der Waals surface area contributed by atoms with Gasteiger partial charge in [0.1, 0.15) is 0 Å². The van der Waals surface area contributed by atoms with Gasteiger partial charge in [-0.05, 0) is 0 Å². The van der Waals surface area contributed by atoms with Gasteiger partial charge in [-0.15, -0.1) is 24.8 Å². The van der Waals surface area contributed by atoms with Crippen LogP contribution in [0.15, 0.2) is 42.9 Å². The zero-order valence-corrected chi connectivity index (χ0v) is 15.7. The number of halogens is 2. The SMILES string of the molecule is COC1=CC[C]([Ti][C]2=C(OC)C(OC)=CC2)=C1OC.Cl.Cl. The van der Waals surface area contributed by atoms with E-state index in [9.17, 15) is 0 Å². The number of rotatable bonds is 6. The van der Waals surface area contributed by atoms with Gasteiger partial charge in [-0.1, -0.05) is 0 Å². The number of allylic oxidation sites excluding steroid dienone is 4. The van der Waals surface area contributed by atoms with E-state index >= 15 is 0 Å². The first-order valence-electron chi connectivity index (χ1n) is 6.05. The molecule has 0 fully saturated rings. The van der Waals surface area contributed by atoms with Gasteiger partial charge in [0, 0.05) is 0 Å². The van der Waals surface area contributed by atoms with Crippen molar-refractivity contribution in [2.24, 2.45) is 0 Å². The smallest absolute Gasteiger partial charge is 0.147 e. The van der Waals surface area contributed by atoms with Crippen LogP contribution in [0.2, 0.25) is 0 Å². The molecule has 0 heterocycles. The first-order chi connectivity index (χ1) is 9.24. The van der Waals surface area contributed by atoms with Crippen LogP contribution in [0.5, 0.6) is 0 Å². The molecule has 0 atom stereocenters. The Balaban J connectivity index is 0.00000200.